The van der Waals surface area contributed by atoms with E-state index in [1.807, 2.05) is 6.92 Å². The summed E-state index contributed by atoms with van der Waals surface area (Å²) in [5, 5.41) is 5.90. The van der Waals surface area contributed by atoms with E-state index in [0.717, 1.165) is 18.2 Å². The van der Waals surface area contributed by atoms with Crippen molar-refractivity contribution in [2.45, 2.75) is 13.5 Å². The highest BCUT2D eigenvalue weighted by molar-refractivity contribution is 5.40. The molecule has 0 fully saturated rings. The summed E-state index contributed by atoms with van der Waals surface area (Å²) in [4.78, 5) is 8.20. The van der Waals surface area contributed by atoms with Gasteiger partial charge in [0.1, 0.15) is 17.5 Å². The third-order valence-electron chi connectivity index (χ3n) is 2.46. The van der Waals surface area contributed by atoms with Crippen LogP contribution in [0.5, 0.6) is 0 Å². The summed E-state index contributed by atoms with van der Waals surface area (Å²) < 4.78 is 26.4. The topological polar surface area (TPSA) is 49.8 Å². The second kappa shape index (κ2) is 6.08. The molecule has 1 aromatic carbocycles. The molecule has 0 radical (unpaired) electrons. The third kappa shape index (κ3) is 3.61. The molecule has 19 heavy (non-hydrogen) atoms. The maximum Gasteiger partial charge on any atom is 0.224 e. The Kier molecular flexibility index (Phi) is 4.22. The lowest BCUT2D eigenvalue weighted by Gasteiger charge is -2.08. The Labute approximate surface area is 109 Å². The van der Waals surface area contributed by atoms with Gasteiger partial charge in [-0.25, -0.2) is 13.8 Å². The fourth-order valence-electron chi connectivity index (χ4n) is 1.57. The Morgan fingerprint density at radius 1 is 1.16 bits per heavy atom. The molecular formula is C13H14F2N4. The van der Waals surface area contributed by atoms with Gasteiger partial charge in [0, 0.05) is 24.8 Å². The summed E-state index contributed by atoms with van der Waals surface area (Å²) >= 11 is 0. The zero-order valence-electron chi connectivity index (χ0n) is 10.5. The van der Waals surface area contributed by atoms with E-state index in [2.05, 4.69) is 20.6 Å². The first-order valence-electron chi connectivity index (χ1n) is 5.93. The number of hydrogen-bond acceptors (Lipinski definition) is 4. The van der Waals surface area contributed by atoms with Gasteiger partial charge in [0.25, 0.3) is 0 Å². The SMILES string of the molecule is CCNc1nccc(NCc2cc(F)ccc2F)n1. The van der Waals surface area contributed by atoms with Crippen molar-refractivity contribution >= 4 is 11.8 Å². The average Bonchev–Trinajstić information content (AvgIpc) is 2.41. The molecule has 0 aliphatic carbocycles. The Morgan fingerprint density at radius 3 is 2.79 bits per heavy atom. The quantitative estimate of drug-likeness (QED) is 0.872. The first-order chi connectivity index (χ1) is 9.19. The second-order valence-electron chi connectivity index (χ2n) is 3.89. The lowest BCUT2D eigenvalue weighted by atomic mass is 10.2. The smallest absolute Gasteiger partial charge is 0.224 e. The molecule has 4 nitrogen and oxygen atoms in total. The fraction of sp³-hybridized carbons (Fsp3) is 0.231. The molecule has 0 spiro atoms. The van der Waals surface area contributed by atoms with E-state index in [1.165, 1.54) is 0 Å². The molecule has 6 heteroatoms. The number of halogens is 2. The average molecular weight is 264 g/mol. The van der Waals surface area contributed by atoms with Gasteiger partial charge in [-0.1, -0.05) is 0 Å². The minimum absolute atomic E-state index is 0.159. The van der Waals surface area contributed by atoms with Crippen LogP contribution in [0.2, 0.25) is 0 Å². The number of nitrogens with zero attached hydrogens (tertiary/aromatic N) is 2. The van der Waals surface area contributed by atoms with Gasteiger partial charge in [0.2, 0.25) is 5.95 Å². The monoisotopic (exact) mass is 264 g/mol. The molecule has 0 aliphatic heterocycles. The first-order valence-corrected chi connectivity index (χ1v) is 5.93. The first kappa shape index (κ1) is 13.2. The molecule has 1 heterocycles. The Bertz CT molecular complexity index is 560. The number of hydrogen-bond donors (Lipinski definition) is 2. The lowest BCUT2D eigenvalue weighted by Crippen LogP contribution is -2.07. The normalized spacial score (nSPS) is 10.3. The van der Waals surface area contributed by atoms with Crippen LogP contribution in [-0.2, 0) is 6.54 Å². The Balaban J connectivity index is 2.05. The van der Waals surface area contributed by atoms with Gasteiger partial charge in [-0.05, 0) is 31.2 Å². The zero-order valence-corrected chi connectivity index (χ0v) is 10.5. The molecule has 0 atom stereocenters. The summed E-state index contributed by atoms with van der Waals surface area (Å²) in [6.45, 7) is 2.81. The summed E-state index contributed by atoms with van der Waals surface area (Å²) in [5.74, 6) is 0.130. The van der Waals surface area contributed by atoms with Gasteiger partial charge in [0.15, 0.2) is 0 Å². The number of nitrogens with one attached hydrogen (secondary N) is 2. The molecule has 2 rings (SSSR count). The highest BCUT2D eigenvalue weighted by Gasteiger charge is 2.04. The van der Waals surface area contributed by atoms with E-state index >= 15 is 0 Å². The maximum absolute atomic E-state index is 13.4. The summed E-state index contributed by atoms with van der Waals surface area (Å²) in [5.41, 5.74) is 0.253. The van der Waals surface area contributed by atoms with Crippen molar-refractivity contribution in [1.29, 1.82) is 0 Å². The van der Waals surface area contributed by atoms with Gasteiger partial charge >= 0.3 is 0 Å². The van der Waals surface area contributed by atoms with Crippen LogP contribution in [0.1, 0.15) is 12.5 Å². The van der Waals surface area contributed by atoms with Crippen LogP contribution in [0.25, 0.3) is 0 Å². The maximum atomic E-state index is 13.4. The predicted molar refractivity (Wildman–Crippen MR) is 69.9 cm³/mol. The standard InChI is InChI=1S/C13H14F2N4/c1-2-16-13-17-6-5-12(19-13)18-8-9-7-10(14)3-4-11(9)15/h3-7H,2,8H2,1H3,(H2,16,17,18,19). The second-order valence-corrected chi connectivity index (χ2v) is 3.89. The summed E-state index contributed by atoms with van der Waals surface area (Å²) in [6, 6.07) is 5.02. The number of aromatic nitrogens is 2. The van der Waals surface area contributed by atoms with Gasteiger partial charge in [-0.15, -0.1) is 0 Å². The van der Waals surface area contributed by atoms with E-state index in [1.54, 1.807) is 12.3 Å². The van der Waals surface area contributed by atoms with Crippen LogP contribution in [0, 0.1) is 11.6 Å². The number of rotatable bonds is 5. The minimum atomic E-state index is -0.464. The van der Waals surface area contributed by atoms with Gasteiger partial charge in [0.05, 0.1) is 0 Å². The van der Waals surface area contributed by atoms with Gasteiger partial charge in [-0.3, -0.25) is 0 Å². The molecular weight excluding hydrogens is 250 g/mol. The molecule has 0 saturated heterocycles. The van der Waals surface area contributed by atoms with Crippen LogP contribution in [-0.4, -0.2) is 16.5 Å². The molecule has 2 N–H and O–H groups in total. The minimum Gasteiger partial charge on any atom is -0.366 e. The van der Waals surface area contributed by atoms with Gasteiger partial charge in [-0.2, -0.15) is 4.98 Å². The zero-order chi connectivity index (χ0) is 13.7. The van der Waals surface area contributed by atoms with E-state index in [4.69, 9.17) is 0 Å². The molecule has 0 unspecified atom stereocenters. The predicted octanol–water partition coefficient (Wildman–Crippen LogP) is 2.80. The van der Waals surface area contributed by atoms with Crippen molar-refractivity contribution in [2.24, 2.45) is 0 Å². The van der Waals surface area contributed by atoms with Crippen LogP contribution >= 0.6 is 0 Å². The van der Waals surface area contributed by atoms with E-state index < -0.39 is 11.6 Å². The van der Waals surface area contributed by atoms with E-state index in [-0.39, 0.29) is 12.1 Å². The molecule has 0 amide bonds. The molecule has 0 aliphatic rings. The highest BCUT2D eigenvalue weighted by atomic mass is 19.1. The summed E-state index contributed by atoms with van der Waals surface area (Å²) in [7, 11) is 0. The van der Waals surface area contributed by atoms with Crippen molar-refractivity contribution in [1.82, 2.24) is 9.97 Å². The van der Waals surface area contributed by atoms with Crippen molar-refractivity contribution < 1.29 is 8.78 Å². The Morgan fingerprint density at radius 2 is 2.00 bits per heavy atom. The van der Waals surface area contributed by atoms with Crippen molar-refractivity contribution in [3.8, 4) is 0 Å². The van der Waals surface area contributed by atoms with Crippen molar-refractivity contribution in [3.63, 3.8) is 0 Å². The van der Waals surface area contributed by atoms with E-state index in [9.17, 15) is 8.78 Å². The van der Waals surface area contributed by atoms with Crippen LogP contribution in [0.4, 0.5) is 20.5 Å². The Hall–Kier alpha value is -2.24. The molecule has 2 aromatic rings. The molecule has 100 valence electrons. The fourth-order valence-corrected chi connectivity index (χ4v) is 1.57. The molecule has 1 aromatic heterocycles. The largest absolute Gasteiger partial charge is 0.366 e. The van der Waals surface area contributed by atoms with Crippen LogP contribution in [0.3, 0.4) is 0 Å². The van der Waals surface area contributed by atoms with E-state index in [0.29, 0.717) is 18.3 Å². The van der Waals surface area contributed by atoms with Crippen molar-refractivity contribution in [3.05, 3.63) is 47.7 Å². The summed E-state index contributed by atoms with van der Waals surface area (Å²) in [6.07, 6.45) is 1.59. The number of anilines is 2. The van der Waals surface area contributed by atoms with Crippen LogP contribution in [0.15, 0.2) is 30.5 Å². The lowest BCUT2D eigenvalue weighted by molar-refractivity contribution is 0.587. The number of benzene rings is 1. The van der Waals surface area contributed by atoms with Crippen LogP contribution < -0.4 is 10.6 Å². The van der Waals surface area contributed by atoms with Crippen molar-refractivity contribution in [2.75, 3.05) is 17.2 Å². The third-order valence-corrected chi connectivity index (χ3v) is 2.46. The molecule has 0 saturated carbocycles. The van der Waals surface area contributed by atoms with Gasteiger partial charge < -0.3 is 10.6 Å². The highest BCUT2D eigenvalue weighted by Crippen LogP contribution is 2.12. The molecule has 0 bridgehead atoms.